The Hall–Kier alpha value is -4.98. The molecule has 0 N–H and O–H groups in total. The molecule has 0 aliphatic heterocycles. The average Bonchev–Trinajstić information content (AvgIpc) is 3.04. The minimum absolute atomic E-state index is 0.884. The molecular formula is C42H42. The summed E-state index contributed by atoms with van der Waals surface area (Å²) in [6, 6.07) is 24.2. The average molecular weight is 547 g/mol. The molecular weight excluding hydrogens is 504 g/mol. The standard InChI is InChI=1S/3C14H14/c1-3-5-9-13-11-7-8-12-14(13)10-6-4-2;1-3-5-8-13-10-7-11-14(12-13)9-6-4-2;1-3-5-7-13-9-11-14(12-10-13)8-6-4-2/h7-8,11-12H,3-4H2,1-2H3;7,10-12H,3-4H2,1-2H3;9-12H,3-4H2,1-2H3. The molecule has 3 aromatic carbocycles. The van der Waals surface area contributed by atoms with Gasteiger partial charge in [-0.25, -0.2) is 0 Å². The molecule has 3 rings (SSSR count). The van der Waals surface area contributed by atoms with E-state index in [2.05, 4.69) is 71.0 Å². The van der Waals surface area contributed by atoms with Gasteiger partial charge >= 0.3 is 0 Å². The van der Waals surface area contributed by atoms with E-state index in [0.29, 0.717) is 0 Å². The fourth-order valence-electron chi connectivity index (χ4n) is 3.14. The van der Waals surface area contributed by atoms with Crippen LogP contribution in [-0.2, 0) is 0 Å². The van der Waals surface area contributed by atoms with E-state index >= 15 is 0 Å². The highest BCUT2D eigenvalue weighted by Crippen LogP contribution is 2.06. The maximum absolute atomic E-state index is 3.12. The van der Waals surface area contributed by atoms with E-state index in [1.807, 2.05) is 114 Å². The predicted molar refractivity (Wildman–Crippen MR) is 182 cm³/mol. The molecule has 0 fully saturated rings. The summed E-state index contributed by atoms with van der Waals surface area (Å²) < 4.78 is 0. The quantitative estimate of drug-likeness (QED) is 0.246. The third-order valence-electron chi connectivity index (χ3n) is 5.11. The van der Waals surface area contributed by atoms with Gasteiger partial charge in [0.05, 0.1) is 0 Å². The van der Waals surface area contributed by atoms with Crippen LogP contribution < -0.4 is 0 Å². The predicted octanol–water partition coefficient (Wildman–Crippen LogP) is 9.63. The summed E-state index contributed by atoms with van der Waals surface area (Å²) in [5.41, 5.74) is 6.30. The van der Waals surface area contributed by atoms with Crippen molar-refractivity contribution in [2.24, 2.45) is 0 Å². The summed E-state index contributed by atoms with van der Waals surface area (Å²) in [4.78, 5) is 0. The highest BCUT2D eigenvalue weighted by atomic mass is 14.0. The molecule has 0 radical (unpaired) electrons. The van der Waals surface area contributed by atoms with E-state index < -0.39 is 0 Å². The molecule has 210 valence electrons. The van der Waals surface area contributed by atoms with E-state index in [1.165, 1.54) is 0 Å². The van der Waals surface area contributed by atoms with Gasteiger partial charge in [-0.05, 0) is 54.6 Å². The molecule has 0 heteroatoms. The van der Waals surface area contributed by atoms with Crippen molar-refractivity contribution in [3.8, 4) is 71.0 Å². The SMILES string of the molecule is CCC#Cc1ccc(C#CCC)cc1.CCC#Cc1cccc(C#CCC)c1.CCC#Cc1ccccc1C#CCC. The highest BCUT2D eigenvalue weighted by molar-refractivity contribution is 5.50. The van der Waals surface area contributed by atoms with Gasteiger partial charge < -0.3 is 0 Å². The van der Waals surface area contributed by atoms with Gasteiger partial charge in [-0.2, -0.15) is 0 Å². The van der Waals surface area contributed by atoms with Crippen LogP contribution in [0.25, 0.3) is 0 Å². The van der Waals surface area contributed by atoms with Crippen LogP contribution >= 0.6 is 0 Å². The lowest BCUT2D eigenvalue weighted by molar-refractivity contribution is 1.27. The maximum Gasteiger partial charge on any atom is 0.0401 e. The Morgan fingerprint density at radius 3 is 0.976 bits per heavy atom. The van der Waals surface area contributed by atoms with Gasteiger partial charge in [-0.15, -0.1) is 0 Å². The van der Waals surface area contributed by atoms with Crippen molar-refractivity contribution >= 4 is 0 Å². The zero-order chi connectivity index (χ0) is 30.7. The molecule has 0 atom stereocenters. The zero-order valence-electron chi connectivity index (χ0n) is 26.2. The molecule has 0 aliphatic carbocycles. The Labute approximate surface area is 256 Å². The molecule has 0 spiro atoms. The van der Waals surface area contributed by atoms with Crippen molar-refractivity contribution in [2.45, 2.75) is 80.1 Å². The van der Waals surface area contributed by atoms with Crippen LogP contribution in [0.2, 0.25) is 0 Å². The molecule has 0 saturated carbocycles. The third kappa shape index (κ3) is 16.2. The van der Waals surface area contributed by atoms with Crippen LogP contribution in [0.15, 0.2) is 72.8 Å². The highest BCUT2D eigenvalue weighted by Gasteiger charge is 1.93. The van der Waals surface area contributed by atoms with Crippen molar-refractivity contribution in [3.63, 3.8) is 0 Å². The Kier molecular flexibility index (Phi) is 19.9. The number of rotatable bonds is 0. The number of hydrogen-bond acceptors (Lipinski definition) is 0. The Morgan fingerprint density at radius 2 is 0.643 bits per heavy atom. The lowest BCUT2D eigenvalue weighted by Gasteiger charge is -1.94. The summed E-state index contributed by atoms with van der Waals surface area (Å²) in [5.74, 6) is 36.9. The molecule has 0 aromatic heterocycles. The molecule has 0 amide bonds. The molecule has 0 nitrogen and oxygen atoms in total. The molecule has 0 aliphatic rings. The van der Waals surface area contributed by atoms with Gasteiger partial charge in [0.1, 0.15) is 0 Å². The molecule has 3 aromatic rings. The summed E-state index contributed by atoms with van der Waals surface area (Å²) in [7, 11) is 0. The minimum Gasteiger partial charge on any atom is -0.0982 e. The molecule has 42 heavy (non-hydrogen) atoms. The zero-order valence-corrected chi connectivity index (χ0v) is 26.2. The number of hydrogen-bond donors (Lipinski definition) is 0. The Balaban J connectivity index is 0.000000315. The van der Waals surface area contributed by atoms with Crippen molar-refractivity contribution in [2.75, 3.05) is 0 Å². The smallest absolute Gasteiger partial charge is 0.0401 e. The summed E-state index contributed by atoms with van der Waals surface area (Å²) in [6.07, 6.45) is 5.36. The van der Waals surface area contributed by atoms with E-state index in [4.69, 9.17) is 0 Å². The van der Waals surface area contributed by atoms with Crippen LogP contribution in [0, 0.1) is 71.0 Å². The van der Waals surface area contributed by atoms with Gasteiger partial charge in [-0.1, -0.05) is 131 Å². The Morgan fingerprint density at radius 1 is 0.333 bits per heavy atom. The minimum atomic E-state index is 0.884. The van der Waals surface area contributed by atoms with Gasteiger partial charge in [0.25, 0.3) is 0 Å². The second-order valence-corrected chi connectivity index (χ2v) is 8.64. The molecule has 0 bridgehead atoms. The van der Waals surface area contributed by atoms with Crippen molar-refractivity contribution in [3.05, 3.63) is 106 Å². The van der Waals surface area contributed by atoms with Gasteiger partial charge in [0.2, 0.25) is 0 Å². The first kappa shape index (κ1) is 35.0. The van der Waals surface area contributed by atoms with Gasteiger partial charge in [0.15, 0.2) is 0 Å². The van der Waals surface area contributed by atoms with Gasteiger partial charge in [0, 0.05) is 71.9 Å². The van der Waals surface area contributed by atoms with Crippen LogP contribution in [0.1, 0.15) is 113 Å². The second-order valence-electron chi connectivity index (χ2n) is 8.64. The first-order chi connectivity index (χ1) is 20.6. The topological polar surface area (TPSA) is 0 Å². The van der Waals surface area contributed by atoms with Crippen molar-refractivity contribution in [1.29, 1.82) is 0 Å². The van der Waals surface area contributed by atoms with Crippen LogP contribution in [0.5, 0.6) is 0 Å². The first-order valence-corrected chi connectivity index (χ1v) is 14.8. The fourth-order valence-corrected chi connectivity index (χ4v) is 3.14. The third-order valence-corrected chi connectivity index (χ3v) is 5.11. The van der Waals surface area contributed by atoms with E-state index in [-0.39, 0.29) is 0 Å². The summed E-state index contributed by atoms with van der Waals surface area (Å²) >= 11 is 0. The van der Waals surface area contributed by atoms with E-state index in [0.717, 1.165) is 71.9 Å². The van der Waals surface area contributed by atoms with Crippen LogP contribution in [0.3, 0.4) is 0 Å². The van der Waals surface area contributed by atoms with E-state index in [1.54, 1.807) is 0 Å². The van der Waals surface area contributed by atoms with Crippen LogP contribution in [0.4, 0.5) is 0 Å². The monoisotopic (exact) mass is 546 g/mol. The largest absolute Gasteiger partial charge is 0.0982 e. The molecule has 0 unspecified atom stereocenters. The van der Waals surface area contributed by atoms with Crippen molar-refractivity contribution < 1.29 is 0 Å². The number of benzene rings is 3. The van der Waals surface area contributed by atoms with Crippen LogP contribution in [-0.4, -0.2) is 0 Å². The summed E-state index contributed by atoms with van der Waals surface area (Å²) in [6.45, 7) is 12.3. The first-order valence-electron chi connectivity index (χ1n) is 14.8. The van der Waals surface area contributed by atoms with E-state index in [9.17, 15) is 0 Å². The lowest BCUT2D eigenvalue weighted by atomic mass is 10.1. The normalized spacial score (nSPS) is 8.14. The second kappa shape index (κ2) is 23.9. The van der Waals surface area contributed by atoms with Gasteiger partial charge in [-0.3, -0.25) is 0 Å². The summed E-state index contributed by atoms with van der Waals surface area (Å²) in [5, 5.41) is 0. The molecule has 0 heterocycles. The maximum atomic E-state index is 3.12. The fraction of sp³-hybridized carbons (Fsp3) is 0.286. The molecule has 0 saturated heterocycles. The Bertz CT molecular complexity index is 1480. The lowest BCUT2D eigenvalue weighted by Crippen LogP contribution is -1.81. The van der Waals surface area contributed by atoms with Crippen molar-refractivity contribution in [1.82, 2.24) is 0 Å².